The first-order chi connectivity index (χ1) is 12.7. The third kappa shape index (κ3) is 3.53. The van der Waals surface area contributed by atoms with Gasteiger partial charge in [-0.05, 0) is 41.8 Å². The molecule has 1 aromatic heterocycles. The Labute approximate surface area is 153 Å². The maximum atomic E-state index is 13.0. The minimum absolute atomic E-state index is 0.299. The second-order valence-electron chi connectivity index (χ2n) is 5.99. The Bertz CT molecular complexity index is 1060. The zero-order valence-electron chi connectivity index (χ0n) is 14.6. The van der Waals surface area contributed by atoms with Gasteiger partial charge in [0.1, 0.15) is 5.69 Å². The van der Waals surface area contributed by atoms with Crippen molar-refractivity contribution in [2.75, 3.05) is 7.11 Å². The second kappa shape index (κ2) is 6.83. The number of hydrogen-bond donors (Lipinski definition) is 0. The highest BCUT2D eigenvalue weighted by molar-refractivity contribution is 5.96. The van der Waals surface area contributed by atoms with Crippen molar-refractivity contribution >= 4 is 22.3 Å². The number of nitrogens with zero attached hydrogens (tertiary/aromatic N) is 2. The molecule has 7 heteroatoms. The molecule has 0 aliphatic carbocycles. The Hall–Kier alpha value is -3.22. The van der Waals surface area contributed by atoms with Crippen molar-refractivity contribution < 1.29 is 22.7 Å². The van der Waals surface area contributed by atoms with Gasteiger partial charge in [-0.2, -0.15) is 18.3 Å². The molecule has 1 heterocycles. The van der Waals surface area contributed by atoms with Crippen molar-refractivity contribution in [1.82, 2.24) is 10.2 Å². The molecular weight excluding hydrogens is 357 g/mol. The molecule has 0 aliphatic heterocycles. The van der Waals surface area contributed by atoms with Crippen LogP contribution in [-0.2, 0) is 4.74 Å². The van der Waals surface area contributed by atoms with Gasteiger partial charge in [0.15, 0.2) is 0 Å². The van der Waals surface area contributed by atoms with E-state index in [4.69, 9.17) is 4.74 Å². The molecule has 0 amide bonds. The summed E-state index contributed by atoms with van der Waals surface area (Å²) in [5.74, 6) is -0.466. The molecule has 138 valence electrons. The van der Waals surface area contributed by atoms with Gasteiger partial charge in [-0.3, -0.25) is 0 Å². The topological polar surface area (TPSA) is 52.1 Å². The Morgan fingerprint density at radius 2 is 1.89 bits per heavy atom. The van der Waals surface area contributed by atoms with Crippen LogP contribution in [0.3, 0.4) is 0 Å². The fourth-order valence-electron chi connectivity index (χ4n) is 2.79. The van der Waals surface area contributed by atoms with Gasteiger partial charge in [-0.1, -0.05) is 24.8 Å². The number of halogens is 3. The number of aromatic nitrogens is 2. The predicted molar refractivity (Wildman–Crippen MR) is 96.1 cm³/mol. The van der Waals surface area contributed by atoms with Gasteiger partial charge in [0.25, 0.3) is 0 Å². The van der Waals surface area contributed by atoms with E-state index in [1.807, 2.05) is 6.92 Å². The van der Waals surface area contributed by atoms with Crippen LogP contribution in [0.5, 0.6) is 0 Å². The number of ether oxygens (including phenoxy) is 1. The minimum Gasteiger partial charge on any atom is -0.465 e. The average molecular weight is 372 g/mol. The van der Waals surface area contributed by atoms with Gasteiger partial charge < -0.3 is 4.74 Å². The van der Waals surface area contributed by atoms with Crippen LogP contribution < -0.4 is 0 Å². The molecule has 0 saturated carbocycles. The van der Waals surface area contributed by atoms with Gasteiger partial charge in [0, 0.05) is 10.8 Å². The van der Waals surface area contributed by atoms with Crippen LogP contribution in [0.25, 0.3) is 27.5 Å². The fourth-order valence-corrected chi connectivity index (χ4v) is 2.79. The molecule has 0 saturated heterocycles. The highest BCUT2D eigenvalue weighted by atomic mass is 19.4. The second-order valence-corrected chi connectivity index (χ2v) is 5.99. The number of benzene rings is 2. The molecule has 27 heavy (non-hydrogen) atoms. The quantitative estimate of drug-likeness (QED) is 0.610. The van der Waals surface area contributed by atoms with Crippen LogP contribution in [-0.4, -0.2) is 29.5 Å². The number of carbonyl (C=O) groups excluding carboxylic acids is 1. The van der Waals surface area contributed by atoms with Crippen LogP contribution in [0.4, 0.5) is 13.2 Å². The third-order valence-corrected chi connectivity index (χ3v) is 4.26. The molecule has 0 unspecified atom stereocenters. The van der Waals surface area contributed by atoms with Crippen molar-refractivity contribution in [1.29, 1.82) is 0 Å². The number of allylic oxidation sites excluding steroid dienone is 1. The van der Waals surface area contributed by atoms with Crippen molar-refractivity contribution in [2.45, 2.75) is 13.1 Å². The summed E-state index contributed by atoms with van der Waals surface area (Å²) in [7, 11) is 1.30. The smallest absolute Gasteiger partial charge is 0.418 e. The lowest BCUT2D eigenvalue weighted by atomic mass is 9.95. The highest BCUT2D eigenvalue weighted by Gasteiger charge is 2.35. The summed E-state index contributed by atoms with van der Waals surface area (Å²) in [6, 6.07) is 10.1. The predicted octanol–water partition coefficient (Wildman–Crippen LogP) is 4.97. The molecule has 0 atom stereocenters. The molecule has 3 rings (SSSR count). The molecule has 0 aliphatic rings. The van der Waals surface area contributed by atoms with Crippen molar-refractivity contribution in [2.24, 2.45) is 0 Å². The lowest BCUT2D eigenvalue weighted by Gasteiger charge is -2.13. The van der Waals surface area contributed by atoms with E-state index in [1.54, 1.807) is 36.4 Å². The molecule has 0 fully saturated rings. The first-order valence-corrected chi connectivity index (χ1v) is 7.93. The average Bonchev–Trinajstić information content (AvgIpc) is 2.65. The number of aryl methyl sites for hydroxylation is 1. The number of esters is 1. The normalized spacial score (nSPS) is 11.4. The lowest BCUT2D eigenvalue weighted by Crippen LogP contribution is -2.11. The van der Waals surface area contributed by atoms with E-state index in [2.05, 4.69) is 16.8 Å². The molecule has 4 nitrogen and oxygen atoms in total. The number of carbonyl (C=O) groups is 1. The Balaban J connectivity index is 2.14. The molecular formula is C20H15F3N2O2. The van der Waals surface area contributed by atoms with Crippen LogP contribution in [0.2, 0.25) is 0 Å². The molecule has 2 aromatic carbocycles. The maximum absolute atomic E-state index is 13.0. The highest BCUT2D eigenvalue weighted by Crippen LogP contribution is 2.35. The Morgan fingerprint density at radius 1 is 1.15 bits per heavy atom. The largest absolute Gasteiger partial charge is 0.465 e. The summed E-state index contributed by atoms with van der Waals surface area (Å²) in [5, 5.41) is 8.08. The molecule has 0 radical (unpaired) electrons. The number of rotatable bonds is 3. The monoisotopic (exact) mass is 372 g/mol. The van der Waals surface area contributed by atoms with Gasteiger partial charge in [-0.15, -0.1) is 5.10 Å². The van der Waals surface area contributed by atoms with E-state index in [0.29, 0.717) is 16.3 Å². The maximum Gasteiger partial charge on any atom is 0.418 e. The zero-order chi connectivity index (χ0) is 19.8. The summed E-state index contributed by atoms with van der Waals surface area (Å²) in [4.78, 5) is 11.8. The van der Waals surface area contributed by atoms with E-state index in [-0.39, 0.29) is 5.69 Å². The first-order valence-electron chi connectivity index (χ1n) is 7.93. The Kier molecular flexibility index (Phi) is 4.70. The summed E-state index contributed by atoms with van der Waals surface area (Å²) >= 11 is 0. The number of methoxy groups -OCH3 is 1. The molecule has 3 aromatic rings. The molecule has 0 spiro atoms. The van der Waals surface area contributed by atoms with Crippen LogP contribution in [0, 0.1) is 6.92 Å². The first kappa shape index (κ1) is 18.6. The SMILES string of the molecule is C=C(c1nncc2cc(-c3cc(C(=O)OC)ccc3C)ccc12)C(F)(F)F. The van der Waals surface area contributed by atoms with E-state index in [1.165, 1.54) is 13.3 Å². The van der Waals surface area contributed by atoms with Gasteiger partial charge in [0.05, 0.1) is 24.4 Å². The summed E-state index contributed by atoms with van der Waals surface area (Å²) in [5.41, 5.74) is 1.46. The van der Waals surface area contributed by atoms with Crippen LogP contribution in [0.15, 0.2) is 49.2 Å². The van der Waals surface area contributed by atoms with E-state index in [0.717, 1.165) is 16.7 Å². The minimum atomic E-state index is -4.59. The summed E-state index contributed by atoms with van der Waals surface area (Å²) in [6.45, 7) is 4.98. The fraction of sp³-hybridized carbons (Fsp3) is 0.150. The van der Waals surface area contributed by atoms with Crippen molar-refractivity contribution in [3.05, 3.63) is 66.0 Å². The molecule has 0 bridgehead atoms. The van der Waals surface area contributed by atoms with E-state index in [9.17, 15) is 18.0 Å². The van der Waals surface area contributed by atoms with Gasteiger partial charge in [0.2, 0.25) is 0 Å². The van der Waals surface area contributed by atoms with Crippen molar-refractivity contribution in [3.8, 4) is 11.1 Å². The summed E-state index contributed by atoms with van der Waals surface area (Å²) in [6.07, 6.45) is -3.20. The molecule has 0 N–H and O–H groups in total. The zero-order valence-corrected chi connectivity index (χ0v) is 14.6. The Morgan fingerprint density at radius 3 is 2.56 bits per heavy atom. The third-order valence-electron chi connectivity index (χ3n) is 4.26. The van der Waals surface area contributed by atoms with Crippen molar-refractivity contribution in [3.63, 3.8) is 0 Å². The van der Waals surface area contributed by atoms with Gasteiger partial charge >= 0.3 is 12.1 Å². The number of hydrogen-bond acceptors (Lipinski definition) is 4. The van der Waals surface area contributed by atoms with E-state index >= 15 is 0 Å². The number of fused-ring (bicyclic) bond motifs is 1. The van der Waals surface area contributed by atoms with Crippen LogP contribution in [0.1, 0.15) is 21.6 Å². The van der Waals surface area contributed by atoms with Gasteiger partial charge in [-0.25, -0.2) is 4.79 Å². The standard InChI is InChI=1S/C20H15F3N2O2/c1-11-4-5-14(19(26)27-3)9-17(11)13-6-7-16-15(8-13)10-24-25-18(16)12(2)20(21,22)23/h4-10H,2H2,1,3H3. The number of alkyl halides is 3. The van der Waals surface area contributed by atoms with Crippen LogP contribution >= 0.6 is 0 Å². The van der Waals surface area contributed by atoms with E-state index < -0.39 is 17.7 Å². The summed E-state index contributed by atoms with van der Waals surface area (Å²) < 4.78 is 43.7. The lowest BCUT2D eigenvalue weighted by molar-refractivity contribution is -0.0688.